The number of nitrogens with zero attached hydrogens (tertiary/aromatic N) is 1. The summed E-state index contributed by atoms with van der Waals surface area (Å²) in [5, 5.41) is 23.6. The first kappa shape index (κ1) is 22.2. The zero-order chi connectivity index (χ0) is 22.5. The number of rotatable bonds is 3. The molecule has 1 aromatic rings. The number of hydrogen-bond donors (Lipinski definition) is 2. The van der Waals surface area contributed by atoms with Gasteiger partial charge < -0.3 is 10.4 Å². The van der Waals surface area contributed by atoms with Crippen molar-refractivity contribution in [2.24, 2.45) is 34.5 Å². The Morgan fingerprint density at radius 1 is 1.06 bits per heavy atom. The Labute approximate surface area is 194 Å². The molecule has 3 heteroatoms. The molecule has 0 spiro atoms. The average Bonchev–Trinajstić information content (AvgIpc) is 3.07. The lowest BCUT2D eigenvalue weighted by atomic mass is 9.45. The van der Waals surface area contributed by atoms with Gasteiger partial charge in [0.1, 0.15) is 0 Å². The van der Waals surface area contributed by atoms with Gasteiger partial charge in [-0.05, 0) is 116 Å². The molecule has 4 aliphatic rings. The lowest BCUT2D eigenvalue weighted by molar-refractivity contribution is -0.102. The van der Waals surface area contributed by atoms with Crippen LogP contribution in [0.1, 0.15) is 83.3 Å². The van der Waals surface area contributed by atoms with Crippen molar-refractivity contribution in [1.82, 2.24) is 5.32 Å². The van der Waals surface area contributed by atoms with E-state index in [9.17, 15) is 5.11 Å². The van der Waals surface area contributed by atoms with Gasteiger partial charge in [0.05, 0.1) is 17.7 Å². The van der Waals surface area contributed by atoms with Crippen molar-refractivity contribution in [1.29, 1.82) is 5.26 Å². The van der Waals surface area contributed by atoms with E-state index in [1.807, 2.05) is 12.1 Å². The molecule has 1 unspecified atom stereocenters. The second-order valence-corrected chi connectivity index (χ2v) is 11.8. The van der Waals surface area contributed by atoms with Crippen LogP contribution in [0.3, 0.4) is 0 Å². The molecule has 4 aliphatic carbocycles. The minimum Gasteiger partial charge on any atom is -0.389 e. The third-order valence-electron chi connectivity index (χ3n) is 10.5. The summed E-state index contributed by atoms with van der Waals surface area (Å²) in [6.07, 6.45) is 12.3. The number of fused-ring (bicyclic) bond motifs is 5. The van der Waals surface area contributed by atoms with Gasteiger partial charge in [-0.15, -0.1) is 0 Å². The maximum atomic E-state index is 10.8. The monoisotopic (exact) mass is 432 g/mol. The number of nitrogens with one attached hydrogen (secondary N) is 1. The van der Waals surface area contributed by atoms with Gasteiger partial charge in [-0.3, -0.25) is 0 Å². The van der Waals surface area contributed by atoms with E-state index in [-0.39, 0.29) is 11.5 Å². The van der Waals surface area contributed by atoms with E-state index in [2.05, 4.69) is 50.4 Å². The second kappa shape index (κ2) is 8.30. The molecule has 8 atom stereocenters. The van der Waals surface area contributed by atoms with Crippen molar-refractivity contribution in [2.75, 3.05) is 0 Å². The molecule has 32 heavy (non-hydrogen) atoms. The summed E-state index contributed by atoms with van der Waals surface area (Å²) in [7, 11) is 0. The van der Waals surface area contributed by atoms with Crippen LogP contribution in [0.5, 0.6) is 0 Å². The highest BCUT2D eigenvalue weighted by atomic mass is 16.3. The molecule has 2 N–H and O–H groups in total. The number of nitriles is 1. The van der Waals surface area contributed by atoms with Crippen LogP contribution in [-0.4, -0.2) is 17.3 Å². The van der Waals surface area contributed by atoms with E-state index < -0.39 is 0 Å². The molecular weight excluding hydrogens is 392 g/mol. The highest BCUT2D eigenvalue weighted by molar-refractivity contribution is 5.31. The predicted octanol–water partition coefficient (Wildman–Crippen LogP) is 5.98. The van der Waals surface area contributed by atoms with Crippen molar-refractivity contribution in [3.8, 4) is 6.07 Å². The first-order valence-corrected chi connectivity index (χ1v) is 13.0. The van der Waals surface area contributed by atoms with Crippen LogP contribution >= 0.6 is 0 Å². The normalized spacial score (nSPS) is 44.4. The summed E-state index contributed by atoms with van der Waals surface area (Å²) >= 11 is 0. The van der Waals surface area contributed by atoms with Crippen LogP contribution in [-0.2, 0) is 6.54 Å². The molecule has 0 radical (unpaired) electrons. The van der Waals surface area contributed by atoms with Gasteiger partial charge in [0.25, 0.3) is 0 Å². The Kier molecular flexibility index (Phi) is 5.75. The standard InChI is InChI=1S/C29H40N2O/c1-4-24-27(32)16-26-23-10-9-21-15-22(31-18-20-7-5-19(17-30)6-8-20)11-13-28(21,2)25(23)12-14-29(24,26)3/h4-8,21-23,25-27,31-32H,9-16,18H2,1-3H3/b24-4-/t21?,22-,23-,25+,26+,27-,28+,29-/m1/s1. The number of allylic oxidation sites excluding steroid dienone is 1. The maximum absolute atomic E-state index is 10.8. The fourth-order valence-electron chi connectivity index (χ4n) is 8.79. The highest BCUT2D eigenvalue weighted by Crippen LogP contribution is 2.67. The van der Waals surface area contributed by atoms with Crippen molar-refractivity contribution in [3.63, 3.8) is 0 Å². The van der Waals surface area contributed by atoms with Gasteiger partial charge in [-0.1, -0.05) is 32.1 Å². The molecule has 3 nitrogen and oxygen atoms in total. The third kappa shape index (κ3) is 3.46. The number of hydrogen-bond acceptors (Lipinski definition) is 3. The smallest absolute Gasteiger partial charge is 0.0991 e. The Bertz CT molecular complexity index is 914. The average molecular weight is 433 g/mol. The van der Waals surface area contributed by atoms with E-state index in [4.69, 9.17) is 5.26 Å². The van der Waals surface area contributed by atoms with Crippen LogP contribution in [0.15, 0.2) is 35.9 Å². The molecule has 0 heterocycles. The minimum atomic E-state index is -0.207. The Morgan fingerprint density at radius 2 is 1.84 bits per heavy atom. The van der Waals surface area contributed by atoms with E-state index in [1.54, 1.807) is 0 Å². The summed E-state index contributed by atoms with van der Waals surface area (Å²) in [5.41, 5.74) is 4.05. The number of aliphatic hydroxyl groups is 1. The fourth-order valence-corrected chi connectivity index (χ4v) is 8.79. The van der Waals surface area contributed by atoms with Gasteiger partial charge >= 0.3 is 0 Å². The lowest BCUT2D eigenvalue weighted by Gasteiger charge is -2.60. The van der Waals surface area contributed by atoms with Gasteiger partial charge in [0, 0.05) is 12.6 Å². The zero-order valence-corrected chi connectivity index (χ0v) is 20.1. The molecule has 0 aliphatic heterocycles. The summed E-state index contributed by atoms with van der Waals surface area (Å²) < 4.78 is 0. The SMILES string of the molecule is C/C=C1/[C@H](O)C[C@H]2[C@@H]3CCC4C[C@H](NCc5ccc(C#N)cc5)CC[C@]4(C)[C@H]3CC[C@]12C. The van der Waals surface area contributed by atoms with Crippen molar-refractivity contribution in [2.45, 2.75) is 90.8 Å². The first-order valence-electron chi connectivity index (χ1n) is 13.0. The largest absolute Gasteiger partial charge is 0.389 e. The third-order valence-corrected chi connectivity index (χ3v) is 10.5. The van der Waals surface area contributed by atoms with E-state index in [1.165, 1.54) is 56.1 Å². The summed E-state index contributed by atoms with van der Waals surface area (Å²) in [6, 6.07) is 10.8. The number of aliphatic hydroxyl groups excluding tert-OH is 1. The van der Waals surface area contributed by atoms with E-state index in [0.717, 1.165) is 36.3 Å². The second-order valence-electron chi connectivity index (χ2n) is 11.8. The molecule has 172 valence electrons. The topological polar surface area (TPSA) is 56.0 Å². The summed E-state index contributed by atoms with van der Waals surface area (Å²) in [4.78, 5) is 0. The Hall–Kier alpha value is -1.63. The molecule has 1 aromatic carbocycles. The van der Waals surface area contributed by atoms with Crippen molar-refractivity contribution in [3.05, 3.63) is 47.0 Å². The van der Waals surface area contributed by atoms with Crippen LogP contribution in [0, 0.1) is 45.8 Å². The molecule has 4 fully saturated rings. The molecule has 4 saturated carbocycles. The van der Waals surface area contributed by atoms with Crippen LogP contribution in [0.4, 0.5) is 0 Å². The highest BCUT2D eigenvalue weighted by Gasteiger charge is 2.60. The Morgan fingerprint density at radius 3 is 2.56 bits per heavy atom. The molecule has 0 saturated heterocycles. The quantitative estimate of drug-likeness (QED) is 0.578. The molecule has 0 amide bonds. The predicted molar refractivity (Wildman–Crippen MR) is 129 cm³/mol. The van der Waals surface area contributed by atoms with Crippen molar-refractivity contribution < 1.29 is 5.11 Å². The van der Waals surface area contributed by atoms with E-state index in [0.29, 0.717) is 17.4 Å². The van der Waals surface area contributed by atoms with Crippen molar-refractivity contribution >= 4 is 0 Å². The first-order chi connectivity index (χ1) is 15.4. The van der Waals surface area contributed by atoms with Crippen LogP contribution in [0.25, 0.3) is 0 Å². The molecule has 0 bridgehead atoms. The van der Waals surface area contributed by atoms with Gasteiger partial charge in [0.2, 0.25) is 0 Å². The lowest BCUT2D eigenvalue weighted by Crippen LogP contribution is -2.54. The van der Waals surface area contributed by atoms with Gasteiger partial charge in [0.15, 0.2) is 0 Å². The maximum Gasteiger partial charge on any atom is 0.0991 e. The summed E-state index contributed by atoms with van der Waals surface area (Å²) in [5.74, 6) is 3.13. The van der Waals surface area contributed by atoms with Crippen LogP contribution in [0.2, 0.25) is 0 Å². The molecule has 5 rings (SSSR count). The van der Waals surface area contributed by atoms with Gasteiger partial charge in [-0.25, -0.2) is 0 Å². The van der Waals surface area contributed by atoms with E-state index >= 15 is 0 Å². The molecular formula is C29H40N2O. The number of benzene rings is 1. The Balaban J connectivity index is 1.25. The fraction of sp³-hybridized carbons (Fsp3) is 0.690. The van der Waals surface area contributed by atoms with Gasteiger partial charge in [-0.2, -0.15) is 5.26 Å². The zero-order valence-electron chi connectivity index (χ0n) is 20.1. The van der Waals surface area contributed by atoms with Crippen LogP contribution < -0.4 is 5.32 Å². The molecule has 0 aromatic heterocycles. The minimum absolute atomic E-state index is 0.207. The summed E-state index contributed by atoms with van der Waals surface area (Å²) in [6.45, 7) is 8.10.